The van der Waals surface area contributed by atoms with Gasteiger partial charge in [0.15, 0.2) is 23.9 Å². The van der Waals surface area contributed by atoms with E-state index in [1.807, 2.05) is 32.0 Å². The van der Waals surface area contributed by atoms with Crippen molar-refractivity contribution in [2.24, 2.45) is 5.92 Å². The molecule has 0 aliphatic carbocycles. The fourth-order valence-corrected chi connectivity index (χ4v) is 3.10. The van der Waals surface area contributed by atoms with E-state index in [0.717, 1.165) is 12.0 Å². The zero-order valence-corrected chi connectivity index (χ0v) is 16.4. The van der Waals surface area contributed by atoms with Gasteiger partial charge in [0.05, 0.1) is 24.2 Å². The van der Waals surface area contributed by atoms with Crippen LogP contribution in [0.4, 0.5) is 5.69 Å². The Labute approximate surface area is 168 Å². The number of hydrogen-bond donors (Lipinski definition) is 1. The van der Waals surface area contributed by atoms with E-state index in [1.165, 1.54) is 12.1 Å². The van der Waals surface area contributed by atoms with Crippen molar-refractivity contribution in [2.45, 2.75) is 26.3 Å². The summed E-state index contributed by atoms with van der Waals surface area (Å²) in [6.45, 7) is 4.87. The monoisotopic (exact) mass is 400 g/mol. The number of nitrogens with one attached hydrogen (secondary N) is 1. The summed E-state index contributed by atoms with van der Waals surface area (Å²) in [5.74, 6) is 1.16. The molecule has 1 aliphatic rings. The lowest BCUT2D eigenvalue weighted by atomic mass is 9.95. The fourth-order valence-electron chi connectivity index (χ4n) is 3.10. The summed E-state index contributed by atoms with van der Waals surface area (Å²) in [7, 11) is 0. The van der Waals surface area contributed by atoms with Gasteiger partial charge in [0.1, 0.15) is 0 Å². The first-order chi connectivity index (χ1) is 14.0. The van der Waals surface area contributed by atoms with Gasteiger partial charge in [-0.05, 0) is 29.7 Å². The number of nitro groups is 1. The van der Waals surface area contributed by atoms with E-state index in [4.69, 9.17) is 14.2 Å². The Bertz CT molecular complexity index is 883. The molecule has 1 heterocycles. The van der Waals surface area contributed by atoms with Crippen LogP contribution in [0.25, 0.3) is 0 Å². The smallest absolute Gasteiger partial charge is 0.310 e. The van der Waals surface area contributed by atoms with Gasteiger partial charge in [-0.3, -0.25) is 14.9 Å². The van der Waals surface area contributed by atoms with Crippen molar-refractivity contribution in [2.75, 3.05) is 19.8 Å². The average molecular weight is 400 g/mol. The van der Waals surface area contributed by atoms with E-state index >= 15 is 0 Å². The molecule has 0 saturated heterocycles. The molecule has 2 aromatic rings. The molecule has 1 atom stereocenters. The first kappa shape index (κ1) is 20.4. The summed E-state index contributed by atoms with van der Waals surface area (Å²) in [4.78, 5) is 23.0. The number of hydrogen-bond acceptors (Lipinski definition) is 6. The Morgan fingerprint density at radius 3 is 2.62 bits per heavy atom. The highest BCUT2D eigenvalue weighted by molar-refractivity contribution is 5.78. The molecule has 1 amide bonds. The highest BCUT2D eigenvalue weighted by atomic mass is 16.6. The van der Waals surface area contributed by atoms with Gasteiger partial charge < -0.3 is 19.5 Å². The van der Waals surface area contributed by atoms with E-state index < -0.39 is 4.92 Å². The second kappa shape index (κ2) is 9.27. The number of ether oxygens (including phenoxy) is 3. The van der Waals surface area contributed by atoms with Gasteiger partial charge in [0.2, 0.25) is 0 Å². The molecular formula is C21H24N2O6. The van der Waals surface area contributed by atoms with Crippen LogP contribution in [-0.4, -0.2) is 30.7 Å². The van der Waals surface area contributed by atoms with E-state index in [2.05, 4.69) is 5.32 Å². The second-order valence-corrected chi connectivity index (χ2v) is 7.06. The summed E-state index contributed by atoms with van der Waals surface area (Å²) in [5.41, 5.74) is 0.715. The zero-order valence-electron chi connectivity index (χ0n) is 16.4. The molecule has 1 unspecified atom stereocenters. The Morgan fingerprint density at radius 2 is 1.90 bits per heavy atom. The van der Waals surface area contributed by atoms with Crippen LogP contribution in [0.3, 0.4) is 0 Å². The third-order valence-corrected chi connectivity index (χ3v) is 4.53. The minimum Gasteiger partial charge on any atom is -0.490 e. The van der Waals surface area contributed by atoms with Crippen molar-refractivity contribution in [1.82, 2.24) is 5.32 Å². The zero-order chi connectivity index (χ0) is 20.8. The Hall–Kier alpha value is -3.29. The van der Waals surface area contributed by atoms with Crippen molar-refractivity contribution < 1.29 is 23.9 Å². The highest BCUT2D eigenvalue weighted by Crippen LogP contribution is 2.34. The van der Waals surface area contributed by atoms with Gasteiger partial charge in [0.25, 0.3) is 5.91 Å². The number of fused-ring (bicyclic) bond motifs is 1. The maximum absolute atomic E-state index is 12.5. The first-order valence-corrected chi connectivity index (χ1v) is 9.51. The SMILES string of the molecule is CC(C)C(NC(=O)COc1ccccc1[N+](=O)[O-])c1ccc2c(c1)OCCCO2. The first-order valence-electron chi connectivity index (χ1n) is 9.51. The van der Waals surface area contributed by atoms with Crippen molar-refractivity contribution in [3.63, 3.8) is 0 Å². The van der Waals surface area contributed by atoms with Crippen molar-refractivity contribution >= 4 is 11.6 Å². The van der Waals surface area contributed by atoms with Crippen LogP contribution < -0.4 is 19.5 Å². The number of para-hydroxylation sites is 2. The van der Waals surface area contributed by atoms with Crippen molar-refractivity contribution in [1.29, 1.82) is 0 Å². The molecule has 0 aromatic heterocycles. The summed E-state index contributed by atoms with van der Waals surface area (Å²) >= 11 is 0. The van der Waals surface area contributed by atoms with Crippen LogP contribution in [0.1, 0.15) is 31.9 Å². The maximum Gasteiger partial charge on any atom is 0.310 e. The van der Waals surface area contributed by atoms with Crippen LogP contribution in [-0.2, 0) is 4.79 Å². The van der Waals surface area contributed by atoms with Gasteiger partial charge >= 0.3 is 5.69 Å². The molecule has 0 fully saturated rings. The van der Waals surface area contributed by atoms with Crippen LogP contribution in [0.5, 0.6) is 17.2 Å². The van der Waals surface area contributed by atoms with E-state index in [0.29, 0.717) is 24.7 Å². The standard InChI is InChI=1S/C21H24N2O6/c1-14(2)21(15-8-9-18-19(12-15)28-11-5-10-27-18)22-20(24)13-29-17-7-4-3-6-16(17)23(25)26/h3-4,6-9,12,14,21H,5,10-11,13H2,1-2H3,(H,22,24). The maximum atomic E-state index is 12.5. The number of amides is 1. The quantitative estimate of drug-likeness (QED) is 0.562. The molecule has 0 saturated carbocycles. The molecule has 1 aliphatic heterocycles. The third kappa shape index (κ3) is 5.16. The molecular weight excluding hydrogens is 376 g/mol. The third-order valence-electron chi connectivity index (χ3n) is 4.53. The molecule has 0 bridgehead atoms. The molecule has 1 N–H and O–H groups in total. The van der Waals surface area contributed by atoms with E-state index in [1.54, 1.807) is 12.1 Å². The molecule has 2 aromatic carbocycles. The van der Waals surface area contributed by atoms with Crippen LogP contribution in [0.2, 0.25) is 0 Å². The van der Waals surface area contributed by atoms with Crippen LogP contribution >= 0.6 is 0 Å². The second-order valence-electron chi connectivity index (χ2n) is 7.06. The highest BCUT2D eigenvalue weighted by Gasteiger charge is 2.22. The van der Waals surface area contributed by atoms with Crippen LogP contribution in [0.15, 0.2) is 42.5 Å². The molecule has 8 heteroatoms. The van der Waals surface area contributed by atoms with E-state index in [9.17, 15) is 14.9 Å². The average Bonchev–Trinajstić information content (AvgIpc) is 2.95. The van der Waals surface area contributed by atoms with Gasteiger partial charge in [-0.2, -0.15) is 0 Å². The Balaban J connectivity index is 1.69. The van der Waals surface area contributed by atoms with Gasteiger partial charge in [-0.25, -0.2) is 0 Å². The van der Waals surface area contributed by atoms with Gasteiger partial charge in [-0.1, -0.05) is 32.0 Å². The minimum atomic E-state index is -0.540. The molecule has 8 nitrogen and oxygen atoms in total. The number of carbonyl (C=O) groups is 1. The topological polar surface area (TPSA) is 99.9 Å². The molecule has 0 spiro atoms. The van der Waals surface area contributed by atoms with Crippen molar-refractivity contribution in [3.8, 4) is 17.2 Å². The number of nitrogens with zero attached hydrogens (tertiary/aromatic N) is 1. The normalized spacial score (nSPS) is 14.0. The Kier molecular flexibility index (Phi) is 6.54. The van der Waals surface area contributed by atoms with Crippen molar-refractivity contribution in [3.05, 3.63) is 58.1 Å². The van der Waals surface area contributed by atoms with E-state index in [-0.39, 0.29) is 35.9 Å². The summed E-state index contributed by atoms with van der Waals surface area (Å²) in [6, 6.07) is 11.3. The lowest BCUT2D eigenvalue weighted by Gasteiger charge is -2.24. The number of nitro benzene ring substituents is 1. The summed E-state index contributed by atoms with van der Waals surface area (Å²) < 4.78 is 16.8. The molecule has 0 radical (unpaired) electrons. The molecule has 154 valence electrons. The summed E-state index contributed by atoms with van der Waals surface area (Å²) in [5, 5.41) is 14.0. The minimum absolute atomic E-state index is 0.0596. The molecule has 3 rings (SSSR count). The predicted octanol–water partition coefficient (Wildman–Crippen LogP) is 3.65. The largest absolute Gasteiger partial charge is 0.490 e. The molecule has 29 heavy (non-hydrogen) atoms. The lowest BCUT2D eigenvalue weighted by Crippen LogP contribution is -2.35. The summed E-state index contributed by atoms with van der Waals surface area (Å²) in [6.07, 6.45) is 0.817. The van der Waals surface area contributed by atoms with Gasteiger partial charge in [0, 0.05) is 12.5 Å². The number of benzene rings is 2. The van der Waals surface area contributed by atoms with Gasteiger partial charge in [-0.15, -0.1) is 0 Å². The Morgan fingerprint density at radius 1 is 1.17 bits per heavy atom. The number of rotatable bonds is 7. The number of carbonyl (C=O) groups excluding carboxylic acids is 1. The van der Waals surface area contributed by atoms with Crippen LogP contribution in [0, 0.1) is 16.0 Å². The lowest BCUT2D eigenvalue weighted by molar-refractivity contribution is -0.385. The fraction of sp³-hybridized carbons (Fsp3) is 0.381. The predicted molar refractivity (Wildman–Crippen MR) is 106 cm³/mol.